The number of carbonyl (C=O) groups excluding carboxylic acids is 1. The maximum absolute atomic E-state index is 12.5. The molecule has 0 atom stereocenters. The third-order valence-corrected chi connectivity index (χ3v) is 9.47. The highest BCUT2D eigenvalue weighted by molar-refractivity contribution is 8.33. The first-order valence-corrected chi connectivity index (χ1v) is 11.0. The zero-order valence-corrected chi connectivity index (χ0v) is 15.0. The van der Waals surface area contributed by atoms with E-state index in [0.717, 1.165) is 18.4 Å². The van der Waals surface area contributed by atoms with Crippen LogP contribution in [0.1, 0.15) is 32.3 Å². The van der Waals surface area contributed by atoms with Crippen molar-refractivity contribution < 1.29 is 16.8 Å². The number of benzene rings is 1. The van der Waals surface area contributed by atoms with Crippen LogP contribution in [-0.2, 0) is 18.5 Å². The molecule has 1 saturated heterocycles. The van der Waals surface area contributed by atoms with Crippen LogP contribution in [0.3, 0.4) is 0 Å². The van der Waals surface area contributed by atoms with Gasteiger partial charge >= 0.3 is 10.1 Å². The van der Waals surface area contributed by atoms with E-state index < -0.39 is 20.4 Å². The quantitative estimate of drug-likeness (QED) is 0.793. The van der Waals surface area contributed by atoms with Gasteiger partial charge in [-0.2, -0.15) is 8.42 Å². The van der Waals surface area contributed by atoms with Gasteiger partial charge in [0.1, 0.15) is 5.78 Å². The van der Waals surface area contributed by atoms with Gasteiger partial charge in [0.2, 0.25) is 0 Å². The lowest BCUT2D eigenvalue weighted by atomic mass is 10.1. The summed E-state index contributed by atoms with van der Waals surface area (Å²) in [4.78, 5) is 12.3. The summed E-state index contributed by atoms with van der Waals surface area (Å²) in [6, 6.07) is 6.65. The third kappa shape index (κ3) is 4.12. The van der Waals surface area contributed by atoms with Gasteiger partial charge < -0.3 is 0 Å². The molecule has 6 heteroatoms. The fourth-order valence-electron chi connectivity index (χ4n) is 2.43. The maximum atomic E-state index is 12.5. The summed E-state index contributed by atoms with van der Waals surface area (Å²) in [7, 11) is -5.66. The Kier molecular flexibility index (Phi) is 5.35. The fourth-order valence-corrected chi connectivity index (χ4v) is 8.27. The molecule has 1 aliphatic heterocycles. The molecule has 0 amide bonds. The van der Waals surface area contributed by atoms with Crippen LogP contribution in [0.25, 0.3) is 0 Å². The van der Waals surface area contributed by atoms with Crippen molar-refractivity contribution in [3.05, 3.63) is 29.8 Å². The van der Waals surface area contributed by atoms with Crippen molar-refractivity contribution in [3.63, 3.8) is 0 Å². The van der Waals surface area contributed by atoms with Crippen molar-refractivity contribution in [1.29, 1.82) is 0 Å². The van der Waals surface area contributed by atoms with E-state index in [1.165, 1.54) is 0 Å². The first-order chi connectivity index (χ1) is 10.2. The molecule has 0 radical (unpaired) electrons. The van der Waals surface area contributed by atoms with Crippen LogP contribution in [0.4, 0.5) is 0 Å². The largest absolute Gasteiger partial charge is 0.306 e. The summed E-state index contributed by atoms with van der Waals surface area (Å²) >= 11 is 0. The van der Waals surface area contributed by atoms with Crippen LogP contribution in [-0.4, -0.2) is 31.5 Å². The van der Waals surface area contributed by atoms with E-state index in [4.69, 9.17) is 3.63 Å². The molecule has 1 aromatic carbocycles. The number of carbonyl (C=O) groups is 1. The van der Waals surface area contributed by atoms with Gasteiger partial charge in [0.15, 0.2) is 0 Å². The highest BCUT2D eigenvalue weighted by atomic mass is 32.3. The standard InChI is InChI=1S/C16H24O4S2/c1-13(2)16(17)12-21(10-4-5-11-21)20-22(18,19)15-8-6-14(3)7-9-15/h6-9,13H,4-5,10-12H2,1-3H3. The smallest absolute Gasteiger partial charge is 0.298 e. The summed E-state index contributed by atoms with van der Waals surface area (Å²) in [6.07, 6.45) is 1.87. The average molecular weight is 344 g/mol. The van der Waals surface area contributed by atoms with Crippen molar-refractivity contribution in [2.24, 2.45) is 5.92 Å². The van der Waals surface area contributed by atoms with E-state index in [9.17, 15) is 13.2 Å². The molecule has 0 saturated carbocycles. The van der Waals surface area contributed by atoms with Gasteiger partial charge in [0.25, 0.3) is 0 Å². The van der Waals surface area contributed by atoms with Gasteiger partial charge in [0, 0.05) is 17.4 Å². The first-order valence-electron chi connectivity index (χ1n) is 7.56. The summed E-state index contributed by atoms with van der Waals surface area (Å²) in [5, 5.41) is 0. The van der Waals surface area contributed by atoms with Crippen molar-refractivity contribution >= 4 is 26.2 Å². The van der Waals surface area contributed by atoms with Crippen LogP contribution in [0.5, 0.6) is 0 Å². The molecule has 0 aliphatic carbocycles. The van der Waals surface area contributed by atoms with Crippen molar-refractivity contribution in [1.82, 2.24) is 0 Å². The molecule has 1 aromatic rings. The molecule has 4 nitrogen and oxygen atoms in total. The van der Waals surface area contributed by atoms with E-state index in [-0.39, 0.29) is 22.3 Å². The summed E-state index contributed by atoms with van der Waals surface area (Å²) < 4.78 is 30.8. The van der Waals surface area contributed by atoms with Crippen molar-refractivity contribution in [2.75, 3.05) is 17.3 Å². The molecule has 1 heterocycles. The maximum Gasteiger partial charge on any atom is 0.306 e. The lowest BCUT2D eigenvalue weighted by molar-refractivity contribution is -0.119. The van der Waals surface area contributed by atoms with E-state index >= 15 is 0 Å². The van der Waals surface area contributed by atoms with Gasteiger partial charge in [-0.3, -0.25) is 4.79 Å². The lowest BCUT2D eigenvalue weighted by Gasteiger charge is -2.33. The van der Waals surface area contributed by atoms with Gasteiger partial charge in [-0.1, -0.05) is 31.5 Å². The van der Waals surface area contributed by atoms with E-state index in [2.05, 4.69) is 0 Å². The van der Waals surface area contributed by atoms with Gasteiger partial charge in [-0.25, -0.2) is 3.63 Å². The second-order valence-corrected chi connectivity index (χ2v) is 11.1. The number of hydrogen-bond donors (Lipinski definition) is 0. The second kappa shape index (κ2) is 6.72. The van der Waals surface area contributed by atoms with Crippen LogP contribution >= 0.6 is 10.3 Å². The van der Waals surface area contributed by atoms with E-state index in [0.29, 0.717) is 11.5 Å². The molecule has 0 N–H and O–H groups in total. The number of hydrogen-bond acceptors (Lipinski definition) is 4. The Labute approximate surface area is 134 Å². The van der Waals surface area contributed by atoms with E-state index in [1.807, 2.05) is 20.8 Å². The Bertz CT molecular complexity index is 627. The highest BCUT2D eigenvalue weighted by Crippen LogP contribution is 2.57. The Hall–Kier alpha value is -0.850. The minimum Gasteiger partial charge on any atom is -0.298 e. The first kappa shape index (κ1) is 17.5. The summed E-state index contributed by atoms with van der Waals surface area (Å²) in [6.45, 7) is 5.60. The zero-order chi connectivity index (χ0) is 16.4. The molecule has 0 spiro atoms. The molecule has 1 fully saturated rings. The molecule has 124 valence electrons. The Morgan fingerprint density at radius 3 is 2.23 bits per heavy atom. The monoisotopic (exact) mass is 344 g/mol. The molecular weight excluding hydrogens is 320 g/mol. The molecule has 0 unspecified atom stereocenters. The SMILES string of the molecule is Cc1ccc(S(=O)(=O)OS2(CC(=O)C(C)C)CCCC2)cc1. The topological polar surface area (TPSA) is 60.4 Å². The van der Waals surface area contributed by atoms with Crippen molar-refractivity contribution in [3.8, 4) is 0 Å². The van der Waals surface area contributed by atoms with Gasteiger partial charge in [0.05, 0.1) is 10.6 Å². The highest BCUT2D eigenvalue weighted by Gasteiger charge is 2.37. The number of aryl methyl sites for hydroxylation is 1. The predicted molar refractivity (Wildman–Crippen MR) is 90.7 cm³/mol. The molecule has 22 heavy (non-hydrogen) atoms. The summed E-state index contributed by atoms with van der Waals surface area (Å²) in [5.41, 5.74) is 0.997. The van der Waals surface area contributed by atoms with E-state index in [1.54, 1.807) is 24.3 Å². The number of ketones is 1. The fraction of sp³-hybridized carbons (Fsp3) is 0.562. The number of Topliss-reactive ketones (excluding diaryl/α,β-unsaturated/α-hetero) is 1. The Morgan fingerprint density at radius 2 is 1.73 bits per heavy atom. The van der Waals surface area contributed by atoms with Crippen LogP contribution in [0.2, 0.25) is 0 Å². The molecule has 0 bridgehead atoms. The molecule has 2 rings (SSSR count). The van der Waals surface area contributed by atoms with Gasteiger partial charge in [-0.15, -0.1) is 10.3 Å². The van der Waals surface area contributed by atoms with Crippen LogP contribution in [0, 0.1) is 12.8 Å². The van der Waals surface area contributed by atoms with Crippen LogP contribution in [0.15, 0.2) is 29.2 Å². The molecule has 1 aliphatic rings. The minimum absolute atomic E-state index is 0.0874. The average Bonchev–Trinajstić information content (AvgIpc) is 2.86. The number of rotatable bonds is 6. The minimum atomic E-state index is -3.81. The summed E-state index contributed by atoms with van der Waals surface area (Å²) in [5.74, 6) is 1.68. The lowest BCUT2D eigenvalue weighted by Crippen LogP contribution is -2.24. The predicted octanol–water partition coefficient (Wildman–Crippen LogP) is 3.44. The third-order valence-electron chi connectivity index (χ3n) is 3.88. The van der Waals surface area contributed by atoms with Crippen molar-refractivity contribution in [2.45, 2.75) is 38.5 Å². The second-order valence-electron chi connectivity index (χ2n) is 6.18. The van der Waals surface area contributed by atoms with Crippen LogP contribution < -0.4 is 0 Å². The molecule has 0 aromatic heterocycles. The van der Waals surface area contributed by atoms with Gasteiger partial charge in [-0.05, 0) is 31.9 Å². The zero-order valence-electron chi connectivity index (χ0n) is 13.4. The Morgan fingerprint density at radius 1 is 1.18 bits per heavy atom. The molecular formula is C16H24O4S2. The Balaban J connectivity index is 2.23. The normalized spacial score (nSPS) is 19.3.